The van der Waals surface area contributed by atoms with Gasteiger partial charge in [-0.3, -0.25) is 9.36 Å². The van der Waals surface area contributed by atoms with Crippen molar-refractivity contribution in [1.29, 1.82) is 0 Å². The van der Waals surface area contributed by atoms with E-state index in [0.717, 1.165) is 19.3 Å². The number of likely N-dealkylation sites (N-methyl/N-ethyl adjacent to an activating group) is 1. The molecule has 0 fully saturated rings. The minimum absolute atomic E-state index is 0.00767. The average molecular weight is 536 g/mol. The van der Waals surface area contributed by atoms with Crippen molar-refractivity contribution in [2.45, 2.75) is 109 Å². The number of hydrogen-bond acceptors (Lipinski definition) is 7. The molecule has 0 aliphatic heterocycles. The summed E-state index contributed by atoms with van der Waals surface area (Å²) >= 11 is 0. The van der Waals surface area contributed by atoms with Crippen molar-refractivity contribution in [2.24, 2.45) is 0 Å². The van der Waals surface area contributed by atoms with Gasteiger partial charge in [-0.05, 0) is 32.1 Å². The van der Waals surface area contributed by atoms with Crippen LogP contribution in [0.2, 0.25) is 0 Å². The van der Waals surface area contributed by atoms with Gasteiger partial charge in [0, 0.05) is 6.42 Å². The molecule has 0 bridgehead atoms. The molecule has 0 aliphatic rings. The minimum atomic E-state index is -4.49. The summed E-state index contributed by atoms with van der Waals surface area (Å²) < 4.78 is 26.7. The van der Waals surface area contributed by atoms with Crippen molar-refractivity contribution < 1.29 is 37.6 Å². The Morgan fingerprint density at radius 3 is 1.94 bits per heavy atom. The number of rotatable bonds is 25. The number of carbonyl (C=O) groups is 1. The van der Waals surface area contributed by atoms with Gasteiger partial charge in [0.1, 0.15) is 25.9 Å². The number of phosphoric ester groups is 1. The minimum Gasteiger partial charge on any atom is -0.756 e. The third-order valence-corrected chi connectivity index (χ3v) is 6.73. The summed E-state index contributed by atoms with van der Waals surface area (Å²) in [5.74, 6) is -0.392. The van der Waals surface area contributed by atoms with Crippen LogP contribution in [0.1, 0.15) is 103 Å². The molecule has 8 nitrogen and oxygen atoms in total. The Hall–Kier alpha value is -0.760. The summed E-state index contributed by atoms with van der Waals surface area (Å²) in [5, 5.41) is 9.80. The first-order valence-electron chi connectivity index (χ1n) is 13.9. The Labute approximate surface area is 220 Å². The zero-order valence-electron chi connectivity index (χ0n) is 23.5. The van der Waals surface area contributed by atoms with Gasteiger partial charge in [-0.15, -0.1) is 0 Å². The van der Waals surface area contributed by atoms with Crippen LogP contribution in [0.15, 0.2) is 12.2 Å². The fraction of sp³-hybridized carbons (Fsp3) is 0.889. The number of allylic oxidation sites excluding steroid dienone is 2. The second-order valence-electron chi connectivity index (χ2n) is 10.6. The normalized spacial score (nSPS) is 14.7. The Morgan fingerprint density at radius 1 is 0.861 bits per heavy atom. The number of esters is 1. The second kappa shape index (κ2) is 22.2. The fourth-order valence-corrected chi connectivity index (χ4v) is 4.20. The molecule has 0 saturated heterocycles. The van der Waals surface area contributed by atoms with Crippen LogP contribution in [-0.2, 0) is 23.1 Å². The van der Waals surface area contributed by atoms with Gasteiger partial charge in [-0.25, -0.2) is 0 Å². The molecule has 0 spiro atoms. The van der Waals surface area contributed by atoms with E-state index in [1.807, 2.05) is 21.1 Å². The molecule has 0 saturated carbocycles. The highest BCUT2D eigenvalue weighted by Gasteiger charge is 2.16. The fourth-order valence-electron chi connectivity index (χ4n) is 3.47. The van der Waals surface area contributed by atoms with Crippen LogP contribution in [0.25, 0.3) is 0 Å². The Bertz CT molecular complexity index is 607. The van der Waals surface area contributed by atoms with Gasteiger partial charge in [0.25, 0.3) is 7.82 Å². The zero-order valence-corrected chi connectivity index (χ0v) is 24.4. The molecule has 0 amide bonds. The SMILES string of the molecule is CCCCCC/C=C\CCCCCCCCCCC(=O)OC[C@@H](O)COP(=O)([O-])OCC[N+](C)(C)C. The first-order chi connectivity index (χ1) is 17.1. The van der Waals surface area contributed by atoms with Crippen LogP contribution < -0.4 is 4.89 Å². The number of nitrogens with zero attached hydrogens (tertiary/aromatic N) is 1. The van der Waals surface area contributed by atoms with Crippen LogP contribution in [0.3, 0.4) is 0 Å². The number of aliphatic hydroxyl groups excluding tert-OH is 1. The van der Waals surface area contributed by atoms with Crippen LogP contribution in [0, 0.1) is 0 Å². The van der Waals surface area contributed by atoms with E-state index >= 15 is 0 Å². The van der Waals surface area contributed by atoms with E-state index in [4.69, 9.17) is 9.26 Å². The van der Waals surface area contributed by atoms with E-state index in [1.165, 1.54) is 70.6 Å². The summed E-state index contributed by atoms with van der Waals surface area (Å²) in [5.41, 5.74) is 0. The predicted octanol–water partition coefficient (Wildman–Crippen LogP) is 5.53. The summed E-state index contributed by atoms with van der Waals surface area (Å²) in [7, 11) is 1.25. The van der Waals surface area contributed by atoms with Gasteiger partial charge in [0.05, 0.1) is 27.7 Å². The molecule has 1 unspecified atom stereocenters. The maximum Gasteiger partial charge on any atom is 0.305 e. The summed E-state index contributed by atoms with van der Waals surface area (Å²) in [4.78, 5) is 23.5. The number of hydrogen-bond donors (Lipinski definition) is 1. The van der Waals surface area contributed by atoms with Crippen LogP contribution in [0.4, 0.5) is 0 Å². The summed E-state index contributed by atoms with van der Waals surface area (Å²) in [6, 6.07) is 0. The molecular formula is C27H54NO7P. The van der Waals surface area contributed by atoms with Gasteiger partial charge < -0.3 is 28.3 Å². The van der Waals surface area contributed by atoms with Crippen molar-refractivity contribution in [3.8, 4) is 0 Å². The average Bonchev–Trinajstić information content (AvgIpc) is 2.80. The molecule has 9 heteroatoms. The lowest BCUT2D eigenvalue weighted by Crippen LogP contribution is -2.37. The molecule has 1 N–H and O–H groups in total. The van der Waals surface area contributed by atoms with Crippen molar-refractivity contribution in [3.63, 3.8) is 0 Å². The van der Waals surface area contributed by atoms with Crippen LogP contribution >= 0.6 is 7.82 Å². The van der Waals surface area contributed by atoms with Gasteiger partial charge in [0.15, 0.2) is 0 Å². The highest BCUT2D eigenvalue weighted by molar-refractivity contribution is 7.45. The van der Waals surface area contributed by atoms with Crippen molar-refractivity contribution in [1.82, 2.24) is 0 Å². The molecule has 0 aromatic heterocycles. The summed E-state index contributed by atoms with van der Waals surface area (Å²) in [6.07, 6.45) is 20.6. The van der Waals surface area contributed by atoms with E-state index in [2.05, 4.69) is 23.6 Å². The molecule has 0 aromatic carbocycles. The molecule has 0 rings (SSSR count). The first-order valence-corrected chi connectivity index (χ1v) is 15.4. The molecule has 2 atom stereocenters. The van der Waals surface area contributed by atoms with Crippen molar-refractivity contribution in [3.05, 3.63) is 12.2 Å². The molecule has 0 heterocycles. The molecule has 0 radical (unpaired) electrons. The molecule has 36 heavy (non-hydrogen) atoms. The summed E-state index contributed by atoms with van der Waals surface area (Å²) in [6.45, 7) is 1.92. The zero-order chi connectivity index (χ0) is 27.1. The predicted molar refractivity (Wildman–Crippen MR) is 143 cm³/mol. The number of quaternary nitrogens is 1. The van der Waals surface area contributed by atoms with Gasteiger partial charge in [0.2, 0.25) is 0 Å². The van der Waals surface area contributed by atoms with Crippen molar-refractivity contribution in [2.75, 3.05) is 47.5 Å². The molecule has 0 aliphatic carbocycles. The highest BCUT2D eigenvalue weighted by Crippen LogP contribution is 2.38. The highest BCUT2D eigenvalue weighted by atomic mass is 31.2. The Kier molecular flexibility index (Phi) is 21.8. The third kappa shape index (κ3) is 26.3. The van der Waals surface area contributed by atoms with E-state index < -0.39 is 26.5 Å². The van der Waals surface area contributed by atoms with E-state index in [1.54, 1.807) is 0 Å². The number of aliphatic hydroxyl groups is 1. The Morgan fingerprint density at radius 2 is 1.39 bits per heavy atom. The number of ether oxygens (including phenoxy) is 1. The number of phosphoric acid groups is 1. The topological polar surface area (TPSA) is 105 Å². The van der Waals surface area contributed by atoms with E-state index in [-0.39, 0.29) is 13.2 Å². The molecule has 214 valence electrons. The lowest BCUT2D eigenvalue weighted by Gasteiger charge is -2.27. The second-order valence-corrected chi connectivity index (χ2v) is 12.0. The van der Waals surface area contributed by atoms with Crippen LogP contribution in [-0.4, -0.2) is 69.2 Å². The lowest BCUT2D eigenvalue weighted by atomic mass is 10.1. The molecule has 0 aromatic rings. The van der Waals surface area contributed by atoms with E-state index in [9.17, 15) is 19.4 Å². The van der Waals surface area contributed by atoms with Gasteiger partial charge in [-0.1, -0.05) is 76.9 Å². The Balaban J connectivity index is 3.55. The smallest absolute Gasteiger partial charge is 0.305 e. The monoisotopic (exact) mass is 535 g/mol. The van der Waals surface area contributed by atoms with Gasteiger partial charge >= 0.3 is 5.97 Å². The largest absolute Gasteiger partial charge is 0.756 e. The van der Waals surface area contributed by atoms with Crippen LogP contribution in [0.5, 0.6) is 0 Å². The maximum absolute atomic E-state index is 11.8. The number of carbonyl (C=O) groups excluding carboxylic acids is 1. The molecular weight excluding hydrogens is 481 g/mol. The lowest BCUT2D eigenvalue weighted by molar-refractivity contribution is -0.870. The quantitative estimate of drug-likeness (QED) is 0.0539. The van der Waals surface area contributed by atoms with Gasteiger partial charge in [-0.2, -0.15) is 0 Å². The standard InChI is InChI=1S/C27H54NO7P/c1-5-6-7-8-9-10-11-12-13-14-15-16-17-18-19-20-21-27(30)33-24-26(29)25-35-36(31,32)34-23-22-28(2,3)4/h10-11,26,29H,5-9,12-25H2,1-4H3/b11-10-/t26-/m1/s1. The van der Waals surface area contributed by atoms with E-state index in [0.29, 0.717) is 17.4 Å². The number of unbranched alkanes of at least 4 members (excludes halogenated alkanes) is 12. The third-order valence-electron chi connectivity index (χ3n) is 5.77. The van der Waals surface area contributed by atoms with Crippen molar-refractivity contribution >= 4 is 13.8 Å². The maximum atomic E-state index is 11.8. The first kappa shape index (κ1) is 35.2.